The fourth-order valence-corrected chi connectivity index (χ4v) is 4.49. The average molecular weight is 492 g/mol. The van der Waals surface area contributed by atoms with E-state index >= 15 is 0 Å². The normalized spacial score (nSPS) is 15.8. The number of piperazine rings is 1. The zero-order valence-corrected chi connectivity index (χ0v) is 20.2. The van der Waals surface area contributed by atoms with Crippen LogP contribution in [0.15, 0.2) is 48.7 Å². The highest BCUT2D eigenvalue weighted by Crippen LogP contribution is 2.34. The number of carbonyl (C=O) groups is 3. The molecule has 3 N–H and O–H groups in total. The Bertz CT molecular complexity index is 1290. The van der Waals surface area contributed by atoms with Gasteiger partial charge in [-0.1, -0.05) is 32.0 Å². The molecular weight excluding hydrogens is 462 g/mol. The van der Waals surface area contributed by atoms with Crippen LogP contribution in [-0.2, 0) is 4.79 Å². The van der Waals surface area contributed by atoms with Crippen molar-refractivity contribution in [3.63, 3.8) is 0 Å². The average Bonchev–Trinajstić information content (AvgIpc) is 3.53. The summed E-state index contributed by atoms with van der Waals surface area (Å²) >= 11 is 0. The van der Waals surface area contributed by atoms with Gasteiger partial charge in [-0.15, -0.1) is 0 Å². The van der Waals surface area contributed by atoms with E-state index in [9.17, 15) is 14.4 Å². The molecule has 0 aliphatic carbocycles. The second-order valence-electron chi connectivity index (χ2n) is 9.26. The molecule has 0 radical (unpaired) electrons. The number of fused-ring (bicyclic) bond motifs is 2. The lowest BCUT2D eigenvalue weighted by Crippen LogP contribution is -2.57. The summed E-state index contributed by atoms with van der Waals surface area (Å²) in [7, 11) is 0. The van der Waals surface area contributed by atoms with Gasteiger partial charge in [-0.3, -0.25) is 9.59 Å². The van der Waals surface area contributed by atoms with Crippen LogP contribution in [0.25, 0.3) is 10.9 Å². The van der Waals surface area contributed by atoms with Crippen LogP contribution in [0.3, 0.4) is 0 Å². The molecule has 36 heavy (non-hydrogen) atoms. The fourth-order valence-electron chi connectivity index (χ4n) is 4.49. The molecule has 0 unspecified atom stereocenters. The van der Waals surface area contributed by atoms with E-state index in [1.165, 1.54) is 0 Å². The molecule has 3 heterocycles. The van der Waals surface area contributed by atoms with Crippen molar-refractivity contribution in [1.29, 1.82) is 0 Å². The van der Waals surface area contributed by atoms with Crippen molar-refractivity contribution in [3.8, 4) is 11.5 Å². The summed E-state index contributed by atoms with van der Waals surface area (Å²) in [4.78, 5) is 45.6. The minimum Gasteiger partial charge on any atom is -0.454 e. The quantitative estimate of drug-likeness (QED) is 0.507. The highest BCUT2D eigenvalue weighted by molar-refractivity contribution is 6.06. The number of carbonyl (C=O) groups excluding carboxylic acids is 3. The Balaban J connectivity index is 1.17. The maximum Gasteiger partial charge on any atom is 0.318 e. The molecule has 0 spiro atoms. The number of aromatic amines is 1. The zero-order valence-electron chi connectivity index (χ0n) is 20.2. The first-order valence-corrected chi connectivity index (χ1v) is 12.0. The van der Waals surface area contributed by atoms with Crippen molar-refractivity contribution in [2.75, 3.05) is 38.3 Å². The highest BCUT2D eigenvalue weighted by atomic mass is 16.7. The number of urea groups is 1. The number of rotatable bonds is 5. The Labute approximate surface area is 208 Å². The molecule has 1 atom stereocenters. The van der Waals surface area contributed by atoms with Gasteiger partial charge in [-0.25, -0.2) is 4.79 Å². The van der Waals surface area contributed by atoms with Crippen molar-refractivity contribution in [1.82, 2.24) is 20.1 Å². The van der Waals surface area contributed by atoms with E-state index in [2.05, 4.69) is 15.6 Å². The number of hydrogen-bond acceptors (Lipinski definition) is 5. The van der Waals surface area contributed by atoms with Gasteiger partial charge >= 0.3 is 6.03 Å². The van der Waals surface area contributed by atoms with E-state index in [4.69, 9.17) is 9.47 Å². The van der Waals surface area contributed by atoms with E-state index in [1.807, 2.05) is 38.1 Å². The molecule has 0 saturated carbocycles. The second-order valence-corrected chi connectivity index (χ2v) is 9.26. The lowest BCUT2D eigenvalue weighted by Gasteiger charge is -2.35. The van der Waals surface area contributed by atoms with Crippen LogP contribution in [0.1, 0.15) is 24.2 Å². The summed E-state index contributed by atoms with van der Waals surface area (Å²) in [5.41, 5.74) is 2.11. The zero-order chi connectivity index (χ0) is 25.2. The van der Waals surface area contributed by atoms with E-state index in [0.717, 1.165) is 10.9 Å². The van der Waals surface area contributed by atoms with Gasteiger partial charge in [0.2, 0.25) is 12.7 Å². The van der Waals surface area contributed by atoms with Gasteiger partial charge in [0.25, 0.3) is 5.91 Å². The van der Waals surface area contributed by atoms with Crippen molar-refractivity contribution in [2.24, 2.45) is 5.92 Å². The SMILES string of the molecule is CC(C)[C@@H](NC(=O)N1CCN(C(=O)c2c[nH]c3ccccc23)CC1)C(=O)Nc1ccc2c(c1)OCO2. The van der Waals surface area contributed by atoms with Gasteiger partial charge in [-0.2, -0.15) is 0 Å². The molecule has 1 aromatic heterocycles. The Kier molecular flexibility index (Phi) is 6.41. The van der Waals surface area contributed by atoms with E-state index < -0.39 is 6.04 Å². The number of aromatic nitrogens is 1. The standard InChI is InChI=1S/C26H29N5O5/c1-16(2)23(24(32)28-17-7-8-21-22(13-17)36-15-35-21)29-26(34)31-11-9-30(10-12-31)25(33)19-14-27-20-6-4-3-5-18(19)20/h3-8,13-14,16,23,27H,9-12,15H2,1-2H3,(H,28,32)(H,29,34)/t23-/m1/s1. The maximum absolute atomic E-state index is 13.1. The third-order valence-corrected chi connectivity index (χ3v) is 6.54. The van der Waals surface area contributed by atoms with Crippen molar-refractivity contribution in [3.05, 3.63) is 54.2 Å². The lowest BCUT2D eigenvalue weighted by atomic mass is 10.0. The van der Waals surface area contributed by atoms with Gasteiger partial charge in [0.15, 0.2) is 11.5 Å². The van der Waals surface area contributed by atoms with Crippen LogP contribution in [0.4, 0.5) is 10.5 Å². The fraction of sp³-hybridized carbons (Fsp3) is 0.346. The highest BCUT2D eigenvalue weighted by Gasteiger charge is 2.30. The summed E-state index contributed by atoms with van der Waals surface area (Å²) in [5, 5.41) is 6.60. The Hall–Kier alpha value is -4.21. The van der Waals surface area contributed by atoms with E-state index in [-0.39, 0.29) is 30.6 Å². The summed E-state index contributed by atoms with van der Waals surface area (Å²) < 4.78 is 10.7. The number of nitrogens with one attached hydrogen (secondary N) is 3. The number of H-pyrrole nitrogens is 1. The van der Waals surface area contributed by atoms with Gasteiger partial charge < -0.3 is 34.9 Å². The van der Waals surface area contributed by atoms with Crippen LogP contribution in [-0.4, -0.2) is 71.6 Å². The Morgan fingerprint density at radius 1 is 0.944 bits per heavy atom. The van der Waals surface area contributed by atoms with Gasteiger partial charge in [0.05, 0.1) is 5.56 Å². The first kappa shape index (κ1) is 23.5. The molecule has 10 nitrogen and oxygen atoms in total. The van der Waals surface area contributed by atoms with Crippen molar-refractivity contribution in [2.45, 2.75) is 19.9 Å². The number of para-hydroxylation sites is 1. The van der Waals surface area contributed by atoms with Crippen LogP contribution in [0.2, 0.25) is 0 Å². The first-order chi connectivity index (χ1) is 17.4. The molecule has 1 fully saturated rings. The second kappa shape index (κ2) is 9.80. The van der Waals surface area contributed by atoms with Crippen molar-refractivity contribution >= 4 is 34.4 Å². The van der Waals surface area contributed by atoms with E-state index in [0.29, 0.717) is 48.9 Å². The van der Waals surface area contributed by atoms with Crippen LogP contribution in [0.5, 0.6) is 11.5 Å². The maximum atomic E-state index is 13.1. The van der Waals surface area contributed by atoms with Crippen LogP contribution < -0.4 is 20.1 Å². The molecule has 1 saturated heterocycles. The molecule has 2 aliphatic rings. The monoisotopic (exact) mass is 491 g/mol. The molecular formula is C26H29N5O5. The Morgan fingerprint density at radius 3 is 2.44 bits per heavy atom. The third-order valence-electron chi connectivity index (χ3n) is 6.54. The number of amides is 4. The topological polar surface area (TPSA) is 116 Å². The summed E-state index contributed by atoms with van der Waals surface area (Å²) in [6.45, 7) is 5.51. The Morgan fingerprint density at radius 2 is 1.67 bits per heavy atom. The van der Waals surface area contributed by atoms with Crippen molar-refractivity contribution < 1.29 is 23.9 Å². The molecule has 10 heteroatoms. The summed E-state index contributed by atoms with van der Waals surface area (Å²) in [6, 6.07) is 11.8. The minimum atomic E-state index is -0.728. The molecule has 5 rings (SSSR count). The largest absolute Gasteiger partial charge is 0.454 e. The van der Waals surface area contributed by atoms with Crippen LogP contribution in [0, 0.1) is 5.92 Å². The number of anilines is 1. The molecule has 3 aromatic rings. The molecule has 4 amide bonds. The predicted molar refractivity (Wildman–Crippen MR) is 134 cm³/mol. The van der Waals surface area contributed by atoms with Crippen LogP contribution >= 0.6 is 0 Å². The smallest absolute Gasteiger partial charge is 0.318 e. The molecule has 0 bridgehead atoms. The first-order valence-electron chi connectivity index (χ1n) is 12.0. The number of nitrogens with zero attached hydrogens (tertiary/aromatic N) is 2. The number of benzene rings is 2. The molecule has 188 valence electrons. The van der Waals surface area contributed by atoms with Gasteiger partial charge in [0.1, 0.15) is 6.04 Å². The number of ether oxygens (including phenoxy) is 2. The minimum absolute atomic E-state index is 0.0596. The summed E-state index contributed by atoms with van der Waals surface area (Å²) in [5.74, 6) is 0.691. The molecule has 2 aromatic carbocycles. The summed E-state index contributed by atoms with van der Waals surface area (Å²) in [6.07, 6.45) is 1.73. The third kappa shape index (κ3) is 4.66. The lowest BCUT2D eigenvalue weighted by molar-refractivity contribution is -0.118. The van der Waals surface area contributed by atoms with E-state index in [1.54, 1.807) is 34.2 Å². The van der Waals surface area contributed by atoms with Gasteiger partial charge in [0, 0.05) is 55.0 Å². The number of hydrogen-bond donors (Lipinski definition) is 3. The predicted octanol–water partition coefficient (Wildman–Crippen LogP) is 3.03. The molecule has 2 aliphatic heterocycles. The van der Waals surface area contributed by atoms with Gasteiger partial charge in [-0.05, 0) is 24.1 Å².